The van der Waals surface area contributed by atoms with E-state index in [-0.39, 0.29) is 16.8 Å². The van der Waals surface area contributed by atoms with Crippen molar-refractivity contribution in [3.63, 3.8) is 0 Å². The second-order valence-electron chi connectivity index (χ2n) is 4.44. The molecule has 3 nitrogen and oxygen atoms in total. The normalized spacial score (nSPS) is 28.8. The molecule has 0 radical (unpaired) electrons. The predicted octanol–water partition coefficient (Wildman–Crippen LogP) is 1.93. The summed E-state index contributed by atoms with van der Waals surface area (Å²) in [5.74, 6) is 0.222. The van der Waals surface area contributed by atoms with Crippen molar-refractivity contribution in [3.05, 3.63) is 0 Å². The minimum atomic E-state index is -0.720. The summed E-state index contributed by atoms with van der Waals surface area (Å²) in [5, 5.41) is 12.4. The number of aliphatic carboxylic acids is 1. The highest BCUT2D eigenvalue weighted by Crippen LogP contribution is 2.35. The van der Waals surface area contributed by atoms with Crippen LogP contribution in [-0.2, 0) is 4.79 Å². The van der Waals surface area contributed by atoms with Crippen LogP contribution in [0.4, 0.5) is 0 Å². The third-order valence-electron chi connectivity index (χ3n) is 2.96. The Bertz CT molecular complexity index is 218. The third-order valence-corrected chi connectivity index (χ3v) is 4.54. The first-order chi connectivity index (χ1) is 6.47. The minimum Gasteiger partial charge on any atom is -0.480 e. The van der Waals surface area contributed by atoms with Crippen LogP contribution in [0.15, 0.2) is 0 Å². The molecule has 2 atom stereocenters. The van der Waals surface area contributed by atoms with Crippen molar-refractivity contribution in [1.29, 1.82) is 0 Å². The van der Waals surface area contributed by atoms with Gasteiger partial charge in [0.05, 0.1) is 5.37 Å². The monoisotopic (exact) mass is 217 g/mol. The van der Waals surface area contributed by atoms with Gasteiger partial charge < -0.3 is 5.11 Å². The van der Waals surface area contributed by atoms with Crippen molar-refractivity contribution in [2.24, 2.45) is 5.41 Å². The van der Waals surface area contributed by atoms with Crippen LogP contribution in [0.2, 0.25) is 0 Å². The molecule has 0 saturated carbocycles. The Morgan fingerprint density at radius 2 is 2.29 bits per heavy atom. The van der Waals surface area contributed by atoms with Crippen LogP contribution in [0.3, 0.4) is 0 Å². The van der Waals surface area contributed by atoms with Crippen LogP contribution in [0.1, 0.15) is 33.6 Å². The standard InChI is InChI=1S/C10H19NO2S/c1-4-10(2,3)9-11-7(8(12)13)5-6-14-9/h7,9,11H,4-6H2,1-3H3,(H,12,13). The predicted molar refractivity (Wildman–Crippen MR) is 59.5 cm³/mol. The van der Waals surface area contributed by atoms with Gasteiger partial charge >= 0.3 is 5.97 Å². The molecular formula is C10H19NO2S. The quantitative estimate of drug-likeness (QED) is 0.758. The molecule has 1 heterocycles. The van der Waals surface area contributed by atoms with Crippen LogP contribution in [0.5, 0.6) is 0 Å². The van der Waals surface area contributed by atoms with Crippen molar-refractivity contribution >= 4 is 17.7 Å². The van der Waals surface area contributed by atoms with E-state index in [1.807, 2.05) is 11.8 Å². The summed E-state index contributed by atoms with van der Waals surface area (Å²) in [6, 6.07) is -0.355. The molecule has 0 bridgehead atoms. The summed E-state index contributed by atoms with van der Waals surface area (Å²) < 4.78 is 0. The van der Waals surface area contributed by atoms with E-state index in [9.17, 15) is 4.79 Å². The number of hydrogen-bond donors (Lipinski definition) is 2. The maximum absolute atomic E-state index is 10.8. The topological polar surface area (TPSA) is 49.3 Å². The molecule has 0 spiro atoms. The number of rotatable bonds is 3. The average molecular weight is 217 g/mol. The molecule has 1 aliphatic heterocycles. The summed E-state index contributed by atoms with van der Waals surface area (Å²) in [6.07, 6.45) is 1.79. The van der Waals surface area contributed by atoms with E-state index >= 15 is 0 Å². The average Bonchev–Trinajstić information content (AvgIpc) is 2.18. The Kier molecular flexibility index (Phi) is 3.84. The summed E-state index contributed by atoms with van der Waals surface area (Å²) in [7, 11) is 0. The van der Waals surface area contributed by atoms with Gasteiger partial charge in [-0.05, 0) is 24.0 Å². The molecule has 0 aromatic heterocycles. The first-order valence-electron chi connectivity index (χ1n) is 5.08. The lowest BCUT2D eigenvalue weighted by atomic mass is 9.89. The van der Waals surface area contributed by atoms with Crippen LogP contribution >= 0.6 is 11.8 Å². The maximum atomic E-state index is 10.8. The van der Waals surface area contributed by atoms with Gasteiger partial charge in [0.1, 0.15) is 6.04 Å². The van der Waals surface area contributed by atoms with Crippen LogP contribution in [0, 0.1) is 5.41 Å². The van der Waals surface area contributed by atoms with Gasteiger partial charge in [-0.15, -0.1) is 11.8 Å². The Morgan fingerprint density at radius 3 is 2.79 bits per heavy atom. The zero-order valence-electron chi connectivity index (χ0n) is 9.04. The number of carboxylic acid groups (broad SMARTS) is 1. The first kappa shape index (κ1) is 11.9. The van der Waals surface area contributed by atoms with Gasteiger partial charge in [-0.2, -0.15) is 0 Å². The highest BCUT2D eigenvalue weighted by Gasteiger charge is 2.34. The smallest absolute Gasteiger partial charge is 0.320 e. The van der Waals surface area contributed by atoms with E-state index in [2.05, 4.69) is 26.1 Å². The Morgan fingerprint density at radius 1 is 1.64 bits per heavy atom. The van der Waals surface area contributed by atoms with Crippen molar-refractivity contribution in [2.45, 2.75) is 45.0 Å². The van der Waals surface area contributed by atoms with E-state index < -0.39 is 5.97 Å². The summed E-state index contributed by atoms with van der Waals surface area (Å²) in [4.78, 5) is 10.8. The molecule has 82 valence electrons. The molecule has 1 aliphatic rings. The van der Waals surface area contributed by atoms with Gasteiger partial charge in [-0.25, -0.2) is 0 Å². The third kappa shape index (κ3) is 2.64. The van der Waals surface area contributed by atoms with Crippen LogP contribution < -0.4 is 5.32 Å². The molecule has 0 aliphatic carbocycles. The first-order valence-corrected chi connectivity index (χ1v) is 6.12. The molecule has 1 saturated heterocycles. The molecule has 4 heteroatoms. The second kappa shape index (κ2) is 4.53. The van der Waals surface area contributed by atoms with Gasteiger partial charge in [0.2, 0.25) is 0 Å². The number of nitrogens with one attached hydrogen (secondary N) is 1. The van der Waals surface area contributed by atoms with Gasteiger partial charge in [-0.1, -0.05) is 20.8 Å². The van der Waals surface area contributed by atoms with Crippen molar-refractivity contribution in [3.8, 4) is 0 Å². The Labute approximate surface area is 89.6 Å². The lowest BCUT2D eigenvalue weighted by Crippen LogP contribution is -2.51. The SMILES string of the molecule is CCC(C)(C)C1NC(C(=O)O)CCS1. The van der Waals surface area contributed by atoms with Crippen molar-refractivity contribution in [1.82, 2.24) is 5.32 Å². The molecule has 0 aromatic carbocycles. The molecule has 2 unspecified atom stereocenters. The molecule has 14 heavy (non-hydrogen) atoms. The highest BCUT2D eigenvalue weighted by molar-refractivity contribution is 7.99. The van der Waals surface area contributed by atoms with E-state index in [1.54, 1.807) is 0 Å². The number of carboxylic acids is 1. The Hall–Kier alpha value is -0.220. The zero-order valence-corrected chi connectivity index (χ0v) is 9.86. The maximum Gasteiger partial charge on any atom is 0.320 e. The molecule has 0 amide bonds. The van der Waals surface area contributed by atoms with Gasteiger partial charge in [-0.3, -0.25) is 10.1 Å². The molecule has 1 fully saturated rings. The molecular weight excluding hydrogens is 198 g/mol. The van der Waals surface area contributed by atoms with E-state index in [0.717, 1.165) is 18.6 Å². The van der Waals surface area contributed by atoms with Crippen molar-refractivity contribution < 1.29 is 9.90 Å². The van der Waals surface area contributed by atoms with Gasteiger partial charge in [0.15, 0.2) is 0 Å². The van der Waals surface area contributed by atoms with Crippen LogP contribution in [-0.4, -0.2) is 28.2 Å². The second-order valence-corrected chi connectivity index (χ2v) is 5.65. The lowest BCUT2D eigenvalue weighted by molar-refractivity contribution is -0.139. The Balaban J connectivity index is 2.60. The zero-order chi connectivity index (χ0) is 10.8. The summed E-state index contributed by atoms with van der Waals surface area (Å²) in [5.41, 5.74) is 0.165. The molecule has 1 rings (SSSR count). The fourth-order valence-electron chi connectivity index (χ4n) is 1.45. The largest absolute Gasteiger partial charge is 0.480 e. The molecule has 0 aromatic rings. The highest BCUT2D eigenvalue weighted by atomic mass is 32.2. The number of thioether (sulfide) groups is 1. The van der Waals surface area contributed by atoms with E-state index in [4.69, 9.17) is 5.11 Å². The fraction of sp³-hybridized carbons (Fsp3) is 0.900. The van der Waals surface area contributed by atoms with Crippen molar-refractivity contribution in [2.75, 3.05) is 5.75 Å². The minimum absolute atomic E-state index is 0.165. The van der Waals surface area contributed by atoms with E-state index in [1.165, 1.54) is 0 Å². The summed E-state index contributed by atoms with van der Waals surface area (Å²) in [6.45, 7) is 6.51. The fourth-order valence-corrected chi connectivity index (χ4v) is 2.94. The van der Waals surface area contributed by atoms with Crippen LogP contribution in [0.25, 0.3) is 0 Å². The molecule has 2 N–H and O–H groups in total. The van der Waals surface area contributed by atoms with Gasteiger partial charge in [0, 0.05) is 0 Å². The lowest BCUT2D eigenvalue weighted by Gasteiger charge is -2.38. The number of hydrogen-bond acceptors (Lipinski definition) is 3. The summed E-state index contributed by atoms with van der Waals surface area (Å²) >= 11 is 1.84. The van der Waals surface area contributed by atoms with E-state index in [0.29, 0.717) is 0 Å². The van der Waals surface area contributed by atoms with Gasteiger partial charge in [0.25, 0.3) is 0 Å². The number of carbonyl (C=O) groups is 1.